The second-order valence-corrected chi connectivity index (χ2v) is 4.98. The lowest BCUT2D eigenvalue weighted by Gasteiger charge is -2.13. The molecule has 21 heavy (non-hydrogen) atoms. The Bertz CT molecular complexity index is 596. The molecule has 1 aromatic heterocycles. The fourth-order valence-corrected chi connectivity index (χ4v) is 2.14. The lowest BCUT2D eigenvalue weighted by Crippen LogP contribution is -2.30. The van der Waals surface area contributed by atoms with Gasteiger partial charge >= 0.3 is 0 Å². The van der Waals surface area contributed by atoms with Crippen molar-refractivity contribution >= 4 is 11.6 Å². The summed E-state index contributed by atoms with van der Waals surface area (Å²) in [6, 6.07) is 5.78. The molecule has 0 saturated heterocycles. The summed E-state index contributed by atoms with van der Waals surface area (Å²) < 4.78 is 5.16. The molecule has 0 radical (unpaired) electrons. The molecule has 0 aliphatic heterocycles. The number of rotatable bonds is 6. The monoisotopic (exact) mass is 288 g/mol. The van der Waals surface area contributed by atoms with Gasteiger partial charge in [-0.25, -0.2) is 0 Å². The van der Waals surface area contributed by atoms with Crippen molar-refractivity contribution in [2.75, 3.05) is 11.9 Å². The third-order valence-electron chi connectivity index (χ3n) is 3.15. The Labute approximate surface area is 124 Å². The van der Waals surface area contributed by atoms with Crippen LogP contribution < -0.4 is 10.6 Å². The number of nitrogens with zero attached hydrogens (tertiary/aromatic N) is 2. The van der Waals surface area contributed by atoms with Crippen molar-refractivity contribution in [2.24, 2.45) is 0 Å². The maximum absolute atomic E-state index is 12.0. The van der Waals surface area contributed by atoms with Gasteiger partial charge in [-0.1, -0.05) is 6.92 Å². The van der Waals surface area contributed by atoms with Crippen LogP contribution in [-0.2, 0) is 4.79 Å². The topological polar surface area (TPSA) is 80.0 Å². The van der Waals surface area contributed by atoms with Crippen LogP contribution in [0.3, 0.4) is 0 Å². The molecule has 1 heterocycles. The van der Waals surface area contributed by atoms with Crippen LogP contribution in [0, 0.1) is 6.92 Å². The standard InChI is InChI=1S/C15H20N4O2/c1-4-16-11(3)8-14(20)18-13-6-5-12(7-10(13)2)15-19-17-9-21-15/h5-7,9,11,16H,4,8H2,1-3H3,(H,18,20). The van der Waals surface area contributed by atoms with Gasteiger partial charge in [-0.3, -0.25) is 4.79 Å². The van der Waals surface area contributed by atoms with Crippen LogP contribution in [0.1, 0.15) is 25.8 Å². The smallest absolute Gasteiger partial charge is 0.247 e. The summed E-state index contributed by atoms with van der Waals surface area (Å²) in [6.45, 7) is 6.80. The summed E-state index contributed by atoms with van der Waals surface area (Å²) >= 11 is 0. The quantitative estimate of drug-likeness (QED) is 0.853. The van der Waals surface area contributed by atoms with E-state index in [0.717, 1.165) is 23.4 Å². The SMILES string of the molecule is CCNC(C)CC(=O)Nc1ccc(-c2nnco2)cc1C. The Morgan fingerprint density at radius 3 is 2.86 bits per heavy atom. The molecule has 0 bridgehead atoms. The Balaban J connectivity index is 2.03. The van der Waals surface area contributed by atoms with Gasteiger partial charge in [0.15, 0.2) is 0 Å². The molecular formula is C15H20N4O2. The largest absolute Gasteiger partial charge is 0.423 e. The predicted molar refractivity (Wildman–Crippen MR) is 80.9 cm³/mol. The Morgan fingerprint density at radius 1 is 1.43 bits per heavy atom. The number of amides is 1. The van der Waals surface area contributed by atoms with Gasteiger partial charge in [0.2, 0.25) is 18.2 Å². The van der Waals surface area contributed by atoms with Gasteiger partial charge in [0.05, 0.1) is 0 Å². The van der Waals surface area contributed by atoms with Crippen LogP contribution >= 0.6 is 0 Å². The number of nitrogens with one attached hydrogen (secondary N) is 2. The first-order valence-electron chi connectivity index (χ1n) is 7.00. The van der Waals surface area contributed by atoms with Crippen molar-refractivity contribution in [3.63, 3.8) is 0 Å². The number of anilines is 1. The van der Waals surface area contributed by atoms with E-state index >= 15 is 0 Å². The van der Waals surface area contributed by atoms with Gasteiger partial charge in [0.25, 0.3) is 0 Å². The van der Waals surface area contributed by atoms with Crippen LogP contribution in [0.5, 0.6) is 0 Å². The zero-order valence-corrected chi connectivity index (χ0v) is 12.5. The zero-order valence-electron chi connectivity index (χ0n) is 12.5. The fraction of sp³-hybridized carbons (Fsp3) is 0.400. The van der Waals surface area contributed by atoms with Gasteiger partial charge in [0, 0.05) is 23.7 Å². The van der Waals surface area contributed by atoms with Crippen molar-refractivity contribution < 1.29 is 9.21 Å². The summed E-state index contributed by atoms with van der Waals surface area (Å²) in [4.78, 5) is 12.0. The van der Waals surface area contributed by atoms with Crippen molar-refractivity contribution in [3.05, 3.63) is 30.2 Å². The molecule has 6 nitrogen and oxygen atoms in total. The molecular weight excluding hydrogens is 268 g/mol. The molecule has 0 aliphatic rings. The minimum Gasteiger partial charge on any atom is -0.423 e. The van der Waals surface area contributed by atoms with Gasteiger partial charge < -0.3 is 15.1 Å². The molecule has 112 valence electrons. The summed E-state index contributed by atoms with van der Waals surface area (Å²) in [6.07, 6.45) is 1.74. The lowest BCUT2D eigenvalue weighted by atomic mass is 10.1. The molecule has 1 amide bonds. The van der Waals surface area contributed by atoms with E-state index in [0.29, 0.717) is 12.3 Å². The second-order valence-electron chi connectivity index (χ2n) is 4.98. The second kappa shape index (κ2) is 6.99. The van der Waals surface area contributed by atoms with Gasteiger partial charge in [0.1, 0.15) is 0 Å². The number of aromatic nitrogens is 2. The number of hydrogen-bond donors (Lipinski definition) is 2. The predicted octanol–water partition coefficient (Wildman–Crippen LogP) is 2.37. The number of hydrogen-bond acceptors (Lipinski definition) is 5. The van der Waals surface area contributed by atoms with E-state index < -0.39 is 0 Å². The molecule has 2 aromatic rings. The van der Waals surface area contributed by atoms with E-state index in [1.807, 2.05) is 39.0 Å². The van der Waals surface area contributed by atoms with Gasteiger partial charge in [-0.05, 0) is 44.2 Å². The van der Waals surface area contributed by atoms with Crippen LogP contribution in [0.4, 0.5) is 5.69 Å². The lowest BCUT2D eigenvalue weighted by molar-refractivity contribution is -0.116. The molecule has 2 rings (SSSR count). The normalized spacial score (nSPS) is 12.1. The Morgan fingerprint density at radius 2 is 2.24 bits per heavy atom. The maximum Gasteiger partial charge on any atom is 0.247 e. The third-order valence-corrected chi connectivity index (χ3v) is 3.15. The van der Waals surface area contributed by atoms with Crippen molar-refractivity contribution in [3.8, 4) is 11.5 Å². The average Bonchev–Trinajstić information content (AvgIpc) is 2.95. The first-order valence-corrected chi connectivity index (χ1v) is 7.00. The number of benzene rings is 1. The molecule has 6 heteroatoms. The fourth-order valence-electron chi connectivity index (χ4n) is 2.14. The van der Waals surface area contributed by atoms with E-state index in [9.17, 15) is 4.79 Å². The van der Waals surface area contributed by atoms with Crippen LogP contribution in [0.2, 0.25) is 0 Å². The molecule has 1 aromatic carbocycles. The first kappa shape index (κ1) is 15.2. The van der Waals surface area contributed by atoms with E-state index in [1.165, 1.54) is 6.39 Å². The van der Waals surface area contributed by atoms with Gasteiger partial charge in [-0.2, -0.15) is 0 Å². The minimum atomic E-state index is -0.00269. The van der Waals surface area contributed by atoms with E-state index in [2.05, 4.69) is 20.8 Å². The Kier molecular flexibility index (Phi) is 5.05. The summed E-state index contributed by atoms with van der Waals surface area (Å²) in [5, 5.41) is 13.7. The molecule has 0 aliphatic carbocycles. The number of carbonyl (C=O) groups excluding carboxylic acids is 1. The zero-order chi connectivity index (χ0) is 15.2. The molecule has 2 N–H and O–H groups in total. The molecule has 1 atom stereocenters. The minimum absolute atomic E-state index is 0.00269. The molecule has 0 saturated carbocycles. The highest BCUT2D eigenvalue weighted by molar-refractivity contribution is 5.92. The average molecular weight is 288 g/mol. The van der Waals surface area contributed by atoms with E-state index in [4.69, 9.17) is 4.42 Å². The summed E-state index contributed by atoms with van der Waals surface area (Å²) in [5.74, 6) is 0.467. The number of carbonyl (C=O) groups is 1. The summed E-state index contributed by atoms with van der Waals surface area (Å²) in [5.41, 5.74) is 2.59. The highest BCUT2D eigenvalue weighted by Crippen LogP contribution is 2.23. The number of aryl methyl sites for hydroxylation is 1. The maximum atomic E-state index is 12.0. The van der Waals surface area contributed by atoms with E-state index in [1.54, 1.807) is 0 Å². The molecule has 0 fully saturated rings. The summed E-state index contributed by atoms with van der Waals surface area (Å²) in [7, 11) is 0. The van der Waals surface area contributed by atoms with Gasteiger partial charge in [-0.15, -0.1) is 10.2 Å². The van der Waals surface area contributed by atoms with Crippen LogP contribution in [0.25, 0.3) is 11.5 Å². The van der Waals surface area contributed by atoms with Crippen molar-refractivity contribution in [1.29, 1.82) is 0 Å². The third kappa shape index (κ3) is 4.13. The van der Waals surface area contributed by atoms with Crippen molar-refractivity contribution in [1.82, 2.24) is 15.5 Å². The molecule has 1 unspecified atom stereocenters. The highest BCUT2D eigenvalue weighted by Gasteiger charge is 2.11. The Hall–Kier alpha value is -2.21. The van der Waals surface area contributed by atoms with E-state index in [-0.39, 0.29) is 11.9 Å². The first-order chi connectivity index (χ1) is 10.1. The van der Waals surface area contributed by atoms with Crippen LogP contribution in [-0.4, -0.2) is 28.7 Å². The van der Waals surface area contributed by atoms with Crippen molar-refractivity contribution in [2.45, 2.75) is 33.2 Å². The van der Waals surface area contributed by atoms with Crippen LogP contribution in [0.15, 0.2) is 29.0 Å². The molecule has 0 spiro atoms. The highest BCUT2D eigenvalue weighted by atomic mass is 16.4.